The minimum atomic E-state index is -0.123. The van der Waals surface area contributed by atoms with Crippen LogP contribution < -0.4 is 14.8 Å². The van der Waals surface area contributed by atoms with Gasteiger partial charge in [0, 0.05) is 0 Å². The van der Waals surface area contributed by atoms with Gasteiger partial charge in [0.15, 0.2) is 11.5 Å². The molecule has 0 aromatic heterocycles. The van der Waals surface area contributed by atoms with Gasteiger partial charge in [0.2, 0.25) is 0 Å². The molecule has 1 saturated heterocycles. The predicted molar refractivity (Wildman–Crippen MR) is 88.5 cm³/mol. The van der Waals surface area contributed by atoms with E-state index in [2.05, 4.69) is 26.1 Å². The fourth-order valence-corrected chi connectivity index (χ4v) is 2.67. The molecule has 2 atom stereocenters. The molecule has 0 aliphatic carbocycles. The molecule has 0 spiro atoms. The zero-order valence-electron chi connectivity index (χ0n) is 14.2. The highest BCUT2D eigenvalue weighted by Crippen LogP contribution is 2.28. The number of hydrogen-bond acceptors (Lipinski definition) is 4. The molecule has 1 N–H and O–H groups in total. The van der Waals surface area contributed by atoms with Gasteiger partial charge in [-0.3, -0.25) is 5.32 Å². The molecule has 0 bridgehead atoms. The molecule has 124 valence electrons. The molecule has 1 aromatic carbocycles. The quantitative estimate of drug-likeness (QED) is 0.871. The van der Waals surface area contributed by atoms with Crippen molar-refractivity contribution < 1.29 is 14.2 Å². The average Bonchev–Trinajstić information content (AvgIpc) is 2.45. The third-order valence-electron chi connectivity index (χ3n) is 3.59. The molecule has 0 saturated carbocycles. The summed E-state index contributed by atoms with van der Waals surface area (Å²) in [5.41, 5.74) is -0.123. The Bertz CT molecular complexity index is 456. The molecule has 1 aliphatic rings. The summed E-state index contributed by atoms with van der Waals surface area (Å²) in [4.78, 5) is 0. The van der Waals surface area contributed by atoms with Crippen molar-refractivity contribution >= 4 is 0 Å². The van der Waals surface area contributed by atoms with Crippen LogP contribution in [0.4, 0.5) is 0 Å². The highest BCUT2D eigenvalue weighted by molar-refractivity contribution is 5.39. The lowest BCUT2D eigenvalue weighted by Crippen LogP contribution is -2.44. The van der Waals surface area contributed by atoms with Crippen molar-refractivity contribution in [2.45, 2.75) is 52.4 Å². The number of benzene rings is 1. The minimum absolute atomic E-state index is 0.115. The van der Waals surface area contributed by atoms with E-state index in [4.69, 9.17) is 14.2 Å². The highest BCUT2D eigenvalue weighted by atomic mass is 16.5. The number of para-hydroxylation sites is 2. The van der Waals surface area contributed by atoms with Crippen molar-refractivity contribution in [3.8, 4) is 11.5 Å². The van der Waals surface area contributed by atoms with Crippen LogP contribution >= 0.6 is 0 Å². The number of piperidine rings is 1. The van der Waals surface area contributed by atoms with Crippen molar-refractivity contribution in [2.24, 2.45) is 5.92 Å². The molecule has 0 amide bonds. The van der Waals surface area contributed by atoms with Crippen LogP contribution in [0.25, 0.3) is 0 Å². The fourth-order valence-electron chi connectivity index (χ4n) is 2.67. The first-order valence-electron chi connectivity index (χ1n) is 8.24. The minimum Gasteiger partial charge on any atom is -0.490 e. The molecule has 22 heavy (non-hydrogen) atoms. The van der Waals surface area contributed by atoms with E-state index in [1.165, 1.54) is 0 Å². The zero-order chi connectivity index (χ0) is 16.0. The molecule has 4 heteroatoms. The first kappa shape index (κ1) is 17.1. The molecule has 1 heterocycles. The van der Waals surface area contributed by atoms with E-state index in [1.54, 1.807) is 0 Å². The maximum absolute atomic E-state index is 6.03. The molecule has 1 fully saturated rings. The lowest BCUT2D eigenvalue weighted by atomic mass is 9.97. The Balaban J connectivity index is 1.86. The third kappa shape index (κ3) is 5.50. The second kappa shape index (κ2) is 7.84. The van der Waals surface area contributed by atoms with Crippen molar-refractivity contribution in [2.75, 3.05) is 19.8 Å². The first-order chi connectivity index (χ1) is 10.5. The van der Waals surface area contributed by atoms with Crippen molar-refractivity contribution in [1.82, 2.24) is 5.32 Å². The summed E-state index contributed by atoms with van der Waals surface area (Å²) in [6.07, 6.45) is 2.21. The smallest absolute Gasteiger partial charge is 0.161 e. The van der Waals surface area contributed by atoms with Crippen molar-refractivity contribution in [3.05, 3.63) is 24.3 Å². The van der Waals surface area contributed by atoms with Gasteiger partial charge in [0.25, 0.3) is 0 Å². The Hall–Kier alpha value is -1.26. The predicted octanol–water partition coefficient (Wildman–Crippen LogP) is 3.60. The van der Waals surface area contributed by atoms with Gasteiger partial charge in [-0.1, -0.05) is 12.1 Å². The van der Waals surface area contributed by atoms with Crippen molar-refractivity contribution in [3.63, 3.8) is 0 Å². The van der Waals surface area contributed by atoms with E-state index in [-0.39, 0.29) is 11.8 Å². The van der Waals surface area contributed by atoms with Crippen LogP contribution in [0.1, 0.15) is 40.5 Å². The molecule has 4 nitrogen and oxygen atoms in total. The molecule has 2 unspecified atom stereocenters. The van der Waals surface area contributed by atoms with E-state index in [9.17, 15) is 0 Å². The van der Waals surface area contributed by atoms with Crippen LogP contribution in [0, 0.1) is 5.92 Å². The Labute approximate surface area is 134 Å². The van der Waals surface area contributed by atoms with Gasteiger partial charge in [0.1, 0.15) is 6.23 Å². The maximum atomic E-state index is 6.03. The Morgan fingerprint density at radius 2 is 1.82 bits per heavy atom. The highest BCUT2D eigenvalue weighted by Gasteiger charge is 2.26. The summed E-state index contributed by atoms with van der Waals surface area (Å²) < 4.78 is 17.6. The van der Waals surface area contributed by atoms with Crippen LogP contribution in [-0.2, 0) is 4.74 Å². The summed E-state index contributed by atoms with van der Waals surface area (Å²) in [5, 5.41) is 3.43. The SMILES string of the molecule is CCOc1ccccc1OCC1CCNC(OC(C)(C)C)C1. The van der Waals surface area contributed by atoms with Crippen molar-refractivity contribution in [1.29, 1.82) is 0 Å². The number of nitrogens with one attached hydrogen (secondary N) is 1. The van der Waals surface area contributed by atoms with Gasteiger partial charge >= 0.3 is 0 Å². The molecule has 0 radical (unpaired) electrons. The summed E-state index contributed by atoms with van der Waals surface area (Å²) in [6, 6.07) is 7.86. The topological polar surface area (TPSA) is 39.7 Å². The Kier molecular flexibility index (Phi) is 6.09. The maximum Gasteiger partial charge on any atom is 0.161 e. The van der Waals surface area contributed by atoms with E-state index < -0.39 is 0 Å². The molecule has 1 aliphatic heterocycles. The van der Waals surface area contributed by atoms with Gasteiger partial charge in [-0.05, 0) is 65.1 Å². The first-order valence-corrected chi connectivity index (χ1v) is 8.24. The largest absolute Gasteiger partial charge is 0.490 e. The zero-order valence-corrected chi connectivity index (χ0v) is 14.2. The molecular weight excluding hydrogens is 278 g/mol. The lowest BCUT2D eigenvalue weighted by molar-refractivity contribution is -0.0948. The second-order valence-electron chi connectivity index (χ2n) is 6.75. The van der Waals surface area contributed by atoms with Gasteiger partial charge in [-0.15, -0.1) is 0 Å². The lowest BCUT2D eigenvalue weighted by Gasteiger charge is -2.34. The second-order valence-corrected chi connectivity index (χ2v) is 6.75. The summed E-state index contributed by atoms with van der Waals surface area (Å²) >= 11 is 0. The van der Waals surface area contributed by atoms with Gasteiger partial charge in [0.05, 0.1) is 18.8 Å². The summed E-state index contributed by atoms with van der Waals surface area (Å²) in [7, 11) is 0. The fraction of sp³-hybridized carbons (Fsp3) is 0.667. The van der Waals surface area contributed by atoms with Crippen LogP contribution in [0.15, 0.2) is 24.3 Å². The average molecular weight is 307 g/mol. The van der Waals surface area contributed by atoms with Crippen LogP contribution in [0.3, 0.4) is 0 Å². The number of rotatable bonds is 6. The standard InChI is InChI=1S/C18H29NO3/c1-5-20-15-8-6-7-9-16(15)21-13-14-10-11-19-17(12-14)22-18(2,3)4/h6-9,14,17,19H,5,10-13H2,1-4H3. The van der Waals surface area contributed by atoms with E-state index >= 15 is 0 Å². The molecular formula is C18H29NO3. The van der Waals surface area contributed by atoms with Crippen LogP contribution in [0.2, 0.25) is 0 Å². The molecule has 2 rings (SSSR count). The van der Waals surface area contributed by atoms with E-state index in [0.717, 1.165) is 30.9 Å². The Morgan fingerprint density at radius 1 is 1.14 bits per heavy atom. The van der Waals surface area contributed by atoms with Gasteiger partial charge in [-0.25, -0.2) is 0 Å². The van der Waals surface area contributed by atoms with Gasteiger partial charge < -0.3 is 14.2 Å². The van der Waals surface area contributed by atoms with E-state index in [0.29, 0.717) is 19.1 Å². The van der Waals surface area contributed by atoms with Gasteiger partial charge in [-0.2, -0.15) is 0 Å². The number of hydrogen-bond donors (Lipinski definition) is 1. The monoisotopic (exact) mass is 307 g/mol. The number of ether oxygens (including phenoxy) is 3. The summed E-state index contributed by atoms with van der Waals surface area (Å²) in [5.74, 6) is 2.15. The third-order valence-corrected chi connectivity index (χ3v) is 3.59. The summed E-state index contributed by atoms with van der Waals surface area (Å²) in [6.45, 7) is 10.6. The normalized spacial score (nSPS) is 22.4. The molecule has 1 aromatic rings. The van der Waals surface area contributed by atoms with Crippen LogP contribution in [0.5, 0.6) is 11.5 Å². The van der Waals surface area contributed by atoms with E-state index in [1.807, 2.05) is 31.2 Å². The Morgan fingerprint density at radius 3 is 2.45 bits per heavy atom. The van der Waals surface area contributed by atoms with Crippen LogP contribution in [-0.4, -0.2) is 31.6 Å².